The third-order valence-corrected chi connectivity index (χ3v) is 8.00. The molecule has 0 radical (unpaired) electrons. The minimum absolute atomic E-state index is 0.221. The van der Waals surface area contributed by atoms with Gasteiger partial charge in [-0.1, -0.05) is 103 Å². The molecule has 0 fully saturated rings. The molecule has 7 rings (SSSR count). The molecule has 0 aliphatic heterocycles. The van der Waals surface area contributed by atoms with Crippen molar-refractivity contribution in [2.45, 2.75) is 13.1 Å². The fourth-order valence-corrected chi connectivity index (χ4v) is 5.94. The topological polar surface area (TPSA) is 58.2 Å². The lowest BCUT2D eigenvalue weighted by Gasteiger charge is -2.14. The zero-order valence-corrected chi connectivity index (χ0v) is 22.9. The standard InChI is InChI=1S/C38H28N2O2/c41-37(39-23-35-31-16-5-1-10-25(31)20-26-11-2-6-17-32(26)35)29-14-9-15-30(22-29)38(42)40-24-36-33-18-7-3-12-27(33)21-28-13-4-8-19-34(28)36/h1-22H,23-24H2,(H,39,41)(H,40,42). The summed E-state index contributed by atoms with van der Waals surface area (Å²) in [4.78, 5) is 26.6. The van der Waals surface area contributed by atoms with Crippen LogP contribution in [0.15, 0.2) is 133 Å². The highest BCUT2D eigenvalue weighted by Gasteiger charge is 2.14. The van der Waals surface area contributed by atoms with Gasteiger partial charge in [-0.2, -0.15) is 0 Å². The Kier molecular flexibility index (Phi) is 6.57. The summed E-state index contributed by atoms with van der Waals surface area (Å²) < 4.78 is 0. The van der Waals surface area contributed by atoms with Crippen molar-refractivity contribution in [1.82, 2.24) is 10.6 Å². The Hall–Kier alpha value is -5.48. The number of carbonyl (C=O) groups excluding carboxylic acids is 2. The fourth-order valence-electron chi connectivity index (χ4n) is 5.94. The predicted octanol–water partition coefficient (Wildman–Crippen LogP) is 8.16. The van der Waals surface area contributed by atoms with E-state index < -0.39 is 0 Å². The van der Waals surface area contributed by atoms with Crippen molar-refractivity contribution in [3.63, 3.8) is 0 Å². The van der Waals surface area contributed by atoms with Crippen molar-refractivity contribution in [2.75, 3.05) is 0 Å². The van der Waals surface area contributed by atoms with Crippen LogP contribution in [0.25, 0.3) is 43.1 Å². The third-order valence-electron chi connectivity index (χ3n) is 8.00. The van der Waals surface area contributed by atoms with Crippen LogP contribution < -0.4 is 10.6 Å². The van der Waals surface area contributed by atoms with Crippen LogP contribution in [0, 0.1) is 0 Å². The molecule has 0 heterocycles. The third kappa shape index (κ3) is 4.73. The van der Waals surface area contributed by atoms with E-state index in [1.54, 1.807) is 24.3 Å². The number of fused-ring (bicyclic) bond motifs is 4. The zero-order chi connectivity index (χ0) is 28.5. The summed E-state index contributed by atoms with van der Waals surface area (Å²) >= 11 is 0. The summed E-state index contributed by atoms with van der Waals surface area (Å²) in [6.07, 6.45) is 0. The molecule has 4 heteroatoms. The maximum absolute atomic E-state index is 13.3. The highest BCUT2D eigenvalue weighted by Crippen LogP contribution is 2.30. The van der Waals surface area contributed by atoms with E-state index in [1.165, 1.54) is 0 Å². The largest absolute Gasteiger partial charge is 0.348 e. The molecule has 7 aromatic rings. The lowest BCUT2D eigenvalue weighted by molar-refractivity contribution is 0.0950. The number of hydrogen-bond donors (Lipinski definition) is 2. The van der Waals surface area contributed by atoms with Crippen LogP contribution in [-0.2, 0) is 13.1 Å². The second-order valence-corrected chi connectivity index (χ2v) is 10.5. The number of carbonyl (C=O) groups is 2. The lowest BCUT2D eigenvalue weighted by atomic mass is 9.96. The molecule has 0 spiro atoms. The average molecular weight is 545 g/mol. The van der Waals surface area contributed by atoms with Gasteiger partial charge in [0.1, 0.15) is 0 Å². The van der Waals surface area contributed by atoms with Crippen LogP contribution >= 0.6 is 0 Å². The summed E-state index contributed by atoms with van der Waals surface area (Å²) in [6.45, 7) is 0.760. The van der Waals surface area contributed by atoms with Gasteiger partial charge in [-0.05, 0) is 84.5 Å². The summed E-state index contributed by atoms with van der Waals surface area (Å²) in [6, 6.07) is 44.2. The first-order valence-electron chi connectivity index (χ1n) is 14.1. The first-order chi connectivity index (χ1) is 20.7. The average Bonchev–Trinajstić information content (AvgIpc) is 3.04. The van der Waals surface area contributed by atoms with E-state index in [2.05, 4.69) is 71.3 Å². The Balaban J connectivity index is 1.11. The maximum Gasteiger partial charge on any atom is 0.251 e. The molecule has 0 aliphatic rings. The van der Waals surface area contributed by atoms with E-state index in [0.29, 0.717) is 24.2 Å². The number of amides is 2. The second kappa shape index (κ2) is 10.8. The van der Waals surface area contributed by atoms with Gasteiger partial charge in [0.05, 0.1) is 0 Å². The Morgan fingerprint density at radius 1 is 0.405 bits per heavy atom. The van der Waals surface area contributed by atoms with Crippen LogP contribution in [0.1, 0.15) is 31.8 Å². The van der Waals surface area contributed by atoms with Gasteiger partial charge < -0.3 is 10.6 Å². The van der Waals surface area contributed by atoms with Crippen LogP contribution in [-0.4, -0.2) is 11.8 Å². The van der Waals surface area contributed by atoms with Gasteiger partial charge >= 0.3 is 0 Å². The second-order valence-electron chi connectivity index (χ2n) is 10.5. The molecule has 2 amide bonds. The van der Waals surface area contributed by atoms with E-state index in [9.17, 15) is 9.59 Å². The van der Waals surface area contributed by atoms with Gasteiger partial charge in [0.15, 0.2) is 0 Å². The van der Waals surface area contributed by atoms with Gasteiger partial charge in [-0.15, -0.1) is 0 Å². The van der Waals surface area contributed by atoms with Gasteiger partial charge in [0.2, 0.25) is 0 Å². The molecule has 202 valence electrons. The minimum Gasteiger partial charge on any atom is -0.348 e. The molecule has 0 aromatic heterocycles. The molecule has 0 saturated heterocycles. The Morgan fingerprint density at radius 3 is 1.10 bits per heavy atom. The fraction of sp³-hybridized carbons (Fsp3) is 0.0526. The van der Waals surface area contributed by atoms with Crippen molar-refractivity contribution < 1.29 is 9.59 Å². The molecule has 7 aromatic carbocycles. The molecule has 0 saturated carbocycles. The van der Waals surface area contributed by atoms with E-state index in [4.69, 9.17) is 0 Å². The van der Waals surface area contributed by atoms with Crippen molar-refractivity contribution >= 4 is 54.9 Å². The molecule has 42 heavy (non-hydrogen) atoms. The van der Waals surface area contributed by atoms with E-state index >= 15 is 0 Å². The summed E-state index contributed by atoms with van der Waals surface area (Å²) in [7, 11) is 0. The highest BCUT2D eigenvalue weighted by atomic mass is 16.2. The molecule has 0 aliphatic carbocycles. The first-order valence-corrected chi connectivity index (χ1v) is 14.1. The van der Waals surface area contributed by atoms with Crippen molar-refractivity contribution in [3.05, 3.63) is 156 Å². The number of rotatable bonds is 6. The Bertz CT molecular complexity index is 1890. The number of nitrogens with one attached hydrogen (secondary N) is 2. The zero-order valence-electron chi connectivity index (χ0n) is 22.9. The maximum atomic E-state index is 13.3. The molecule has 0 bridgehead atoms. The molecule has 0 unspecified atom stereocenters. The van der Waals surface area contributed by atoms with Gasteiger partial charge in [0.25, 0.3) is 11.8 Å². The van der Waals surface area contributed by atoms with Crippen LogP contribution in [0.2, 0.25) is 0 Å². The van der Waals surface area contributed by atoms with E-state index in [0.717, 1.165) is 54.2 Å². The smallest absolute Gasteiger partial charge is 0.251 e. The normalized spacial score (nSPS) is 11.2. The van der Waals surface area contributed by atoms with E-state index in [-0.39, 0.29) is 11.8 Å². The monoisotopic (exact) mass is 544 g/mol. The van der Waals surface area contributed by atoms with E-state index in [1.807, 2.05) is 48.5 Å². The lowest BCUT2D eigenvalue weighted by Crippen LogP contribution is -2.25. The molecule has 0 atom stereocenters. The quantitative estimate of drug-likeness (QED) is 0.208. The molecular formula is C38H28N2O2. The summed E-state index contributed by atoms with van der Waals surface area (Å²) in [5, 5.41) is 15.2. The van der Waals surface area contributed by atoms with Crippen LogP contribution in [0.4, 0.5) is 0 Å². The van der Waals surface area contributed by atoms with Crippen LogP contribution in [0.3, 0.4) is 0 Å². The predicted molar refractivity (Wildman–Crippen MR) is 172 cm³/mol. The number of benzene rings is 7. The molecule has 4 nitrogen and oxygen atoms in total. The Morgan fingerprint density at radius 2 is 0.738 bits per heavy atom. The summed E-state index contributed by atoms with van der Waals surface area (Å²) in [5.41, 5.74) is 3.05. The SMILES string of the molecule is O=C(NCc1c2ccccc2cc2ccccc12)c1cccc(C(=O)NCc2c3ccccc3cc3ccccc23)c1. The number of hydrogen-bond acceptors (Lipinski definition) is 2. The molecule has 2 N–H and O–H groups in total. The van der Waals surface area contributed by atoms with Gasteiger partial charge in [0, 0.05) is 24.2 Å². The van der Waals surface area contributed by atoms with Gasteiger partial charge in [-0.3, -0.25) is 9.59 Å². The van der Waals surface area contributed by atoms with Gasteiger partial charge in [-0.25, -0.2) is 0 Å². The molecular weight excluding hydrogens is 516 g/mol. The highest BCUT2D eigenvalue weighted by molar-refractivity contribution is 6.05. The summed E-state index contributed by atoms with van der Waals surface area (Å²) in [5.74, 6) is -0.441. The van der Waals surface area contributed by atoms with Crippen molar-refractivity contribution in [2.24, 2.45) is 0 Å². The first kappa shape index (κ1) is 25.5. The van der Waals surface area contributed by atoms with Crippen molar-refractivity contribution in [1.29, 1.82) is 0 Å². The van der Waals surface area contributed by atoms with Crippen molar-refractivity contribution in [3.8, 4) is 0 Å². The minimum atomic E-state index is -0.221. The Labute approximate surface area is 243 Å². The van der Waals surface area contributed by atoms with Crippen LogP contribution in [0.5, 0.6) is 0 Å².